The summed E-state index contributed by atoms with van der Waals surface area (Å²) in [7, 11) is 0. The third kappa shape index (κ3) is 3.19. The van der Waals surface area contributed by atoms with Crippen molar-refractivity contribution in [1.29, 1.82) is 0 Å². The summed E-state index contributed by atoms with van der Waals surface area (Å²) < 4.78 is 0. The second kappa shape index (κ2) is 5.64. The Morgan fingerprint density at radius 2 is 1.69 bits per heavy atom. The first-order chi connectivity index (χ1) is 7.75. The van der Waals surface area contributed by atoms with Gasteiger partial charge in [0.15, 0.2) is 0 Å². The van der Waals surface area contributed by atoms with Crippen LogP contribution >= 0.6 is 0 Å². The Morgan fingerprint density at radius 3 is 2.25 bits per heavy atom. The molecule has 1 saturated heterocycles. The van der Waals surface area contributed by atoms with E-state index in [1.54, 1.807) is 6.92 Å². The molecule has 1 heterocycles. The van der Waals surface area contributed by atoms with Crippen LogP contribution in [0, 0.1) is 0 Å². The van der Waals surface area contributed by atoms with Crippen LogP contribution in [0.25, 0.3) is 0 Å². The number of piperazine rings is 1. The van der Waals surface area contributed by atoms with Crippen molar-refractivity contribution >= 4 is 5.91 Å². The normalized spacial score (nSPS) is 25.6. The molecule has 1 N–H and O–H groups in total. The molecule has 1 aliphatic heterocycles. The Hall–Kier alpha value is -0.610. The average molecular weight is 225 g/mol. The molecule has 92 valence electrons. The van der Waals surface area contributed by atoms with Gasteiger partial charge in [0.1, 0.15) is 0 Å². The standard InChI is InChI=1S/C12H23N3O/c1-11(16)13-15-9-7-14(8-10-15)12-5-3-2-4-6-12/h12H,2-10H2,1H3,(H,13,16). The van der Waals surface area contributed by atoms with E-state index in [0.717, 1.165) is 32.2 Å². The smallest absolute Gasteiger partial charge is 0.231 e. The summed E-state index contributed by atoms with van der Waals surface area (Å²) in [6.07, 6.45) is 6.97. The molecule has 4 nitrogen and oxygen atoms in total. The molecule has 1 saturated carbocycles. The van der Waals surface area contributed by atoms with Crippen LogP contribution in [0.4, 0.5) is 0 Å². The highest BCUT2D eigenvalue weighted by Crippen LogP contribution is 2.23. The van der Waals surface area contributed by atoms with Gasteiger partial charge in [-0.25, -0.2) is 5.01 Å². The first kappa shape index (κ1) is 11.9. The fourth-order valence-corrected chi connectivity index (χ4v) is 2.87. The highest BCUT2D eigenvalue weighted by Gasteiger charge is 2.25. The fourth-order valence-electron chi connectivity index (χ4n) is 2.87. The fraction of sp³-hybridized carbons (Fsp3) is 0.917. The molecule has 0 atom stereocenters. The third-order valence-electron chi connectivity index (χ3n) is 3.72. The van der Waals surface area contributed by atoms with Crippen LogP contribution < -0.4 is 5.43 Å². The van der Waals surface area contributed by atoms with Gasteiger partial charge in [-0.3, -0.25) is 15.1 Å². The summed E-state index contributed by atoms with van der Waals surface area (Å²) in [5.41, 5.74) is 2.87. The Labute approximate surface area is 97.9 Å². The molecule has 16 heavy (non-hydrogen) atoms. The van der Waals surface area contributed by atoms with Crippen LogP contribution in [0.15, 0.2) is 0 Å². The number of hydrazine groups is 1. The van der Waals surface area contributed by atoms with Gasteiger partial charge in [0.05, 0.1) is 0 Å². The van der Waals surface area contributed by atoms with Gasteiger partial charge in [-0.05, 0) is 12.8 Å². The van der Waals surface area contributed by atoms with E-state index in [-0.39, 0.29) is 5.91 Å². The van der Waals surface area contributed by atoms with Crippen molar-refractivity contribution < 1.29 is 4.79 Å². The maximum atomic E-state index is 10.9. The molecule has 2 rings (SSSR count). The quantitative estimate of drug-likeness (QED) is 0.761. The van der Waals surface area contributed by atoms with Crippen LogP contribution in [0.3, 0.4) is 0 Å². The Bertz CT molecular complexity index is 230. The molecule has 1 aliphatic carbocycles. The lowest BCUT2D eigenvalue weighted by Crippen LogP contribution is -2.55. The molecule has 1 amide bonds. The summed E-state index contributed by atoms with van der Waals surface area (Å²) in [6.45, 7) is 5.72. The number of nitrogens with one attached hydrogen (secondary N) is 1. The summed E-state index contributed by atoms with van der Waals surface area (Å²) in [4.78, 5) is 13.5. The number of amides is 1. The molecule has 0 aromatic rings. The van der Waals surface area contributed by atoms with E-state index in [9.17, 15) is 4.79 Å². The maximum absolute atomic E-state index is 10.9. The number of carbonyl (C=O) groups excluding carboxylic acids is 1. The van der Waals surface area contributed by atoms with Gasteiger partial charge >= 0.3 is 0 Å². The van der Waals surface area contributed by atoms with E-state index in [0.29, 0.717) is 0 Å². The molecule has 0 spiro atoms. The van der Waals surface area contributed by atoms with E-state index in [4.69, 9.17) is 0 Å². The summed E-state index contributed by atoms with van der Waals surface area (Å²) in [6, 6.07) is 0.813. The third-order valence-corrected chi connectivity index (χ3v) is 3.72. The Balaban J connectivity index is 1.73. The van der Waals surface area contributed by atoms with Crippen LogP contribution in [0.2, 0.25) is 0 Å². The van der Waals surface area contributed by atoms with Gasteiger partial charge in [0.2, 0.25) is 5.91 Å². The second-order valence-electron chi connectivity index (χ2n) is 4.98. The van der Waals surface area contributed by atoms with Gasteiger partial charge in [0, 0.05) is 39.1 Å². The molecular formula is C12H23N3O. The number of hydrogen-bond acceptors (Lipinski definition) is 3. The maximum Gasteiger partial charge on any atom is 0.231 e. The molecule has 0 unspecified atom stereocenters. The van der Waals surface area contributed by atoms with Gasteiger partial charge in [-0.15, -0.1) is 0 Å². The van der Waals surface area contributed by atoms with Crippen LogP contribution in [0.1, 0.15) is 39.0 Å². The number of nitrogens with zero attached hydrogens (tertiary/aromatic N) is 2. The minimum Gasteiger partial charge on any atom is -0.298 e. The predicted molar refractivity (Wildman–Crippen MR) is 63.8 cm³/mol. The average Bonchev–Trinajstić information content (AvgIpc) is 2.30. The van der Waals surface area contributed by atoms with Crippen LogP contribution in [-0.2, 0) is 4.79 Å². The SMILES string of the molecule is CC(=O)NN1CCN(C2CCCCC2)CC1. The van der Waals surface area contributed by atoms with Crippen molar-refractivity contribution in [3.63, 3.8) is 0 Å². The van der Waals surface area contributed by atoms with Crippen molar-refractivity contribution in [2.75, 3.05) is 26.2 Å². The predicted octanol–water partition coefficient (Wildman–Crippen LogP) is 0.988. The molecule has 0 bridgehead atoms. The first-order valence-electron chi connectivity index (χ1n) is 6.52. The minimum atomic E-state index is 0.0473. The second-order valence-corrected chi connectivity index (χ2v) is 4.98. The summed E-state index contributed by atoms with van der Waals surface area (Å²) >= 11 is 0. The molecule has 0 aromatic carbocycles. The van der Waals surface area contributed by atoms with Crippen molar-refractivity contribution in [2.24, 2.45) is 0 Å². The van der Waals surface area contributed by atoms with Crippen molar-refractivity contribution in [2.45, 2.75) is 45.1 Å². The van der Waals surface area contributed by atoms with Gasteiger partial charge in [0.25, 0.3) is 0 Å². The molecular weight excluding hydrogens is 202 g/mol. The van der Waals surface area contributed by atoms with E-state index in [2.05, 4.69) is 10.3 Å². The molecule has 0 radical (unpaired) electrons. The summed E-state index contributed by atoms with van der Waals surface area (Å²) in [5.74, 6) is 0.0473. The zero-order chi connectivity index (χ0) is 11.4. The lowest BCUT2D eigenvalue weighted by molar-refractivity contribution is -0.124. The highest BCUT2D eigenvalue weighted by atomic mass is 16.2. The van der Waals surface area contributed by atoms with Gasteiger partial charge in [-0.2, -0.15) is 0 Å². The first-order valence-corrected chi connectivity index (χ1v) is 6.52. The number of rotatable bonds is 2. The van der Waals surface area contributed by atoms with E-state index in [1.807, 2.05) is 5.01 Å². The van der Waals surface area contributed by atoms with E-state index >= 15 is 0 Å². The largest absolute Gasteiger partial charge is 0.298 e. The molecule has 2 fully saturated rings. The van der Waals surface area contributed by atoms with E-state index in [1.165, 1.54) is 32.1 Å². The zero-order valence-electron chi connectivity index (χ0n) is 10.2. The van der Waals surface area contributed by atoms with Crippen molar-refractivity contribution in [3.8, 4) is 0 Å². The molecule has 2 aliphatic rings. The molecule has 0 aromatic heterocycles. The monoisotopic (exact) mass is 225 g/mol. The van der Waals surface area contributed by atoms with Crippen LogP contribution in [0.5, 0.6) is 0 Å². The minimum absolute atomic E-state index is 0.0473. The highest BCUT2D eigenvalue weighted by molar-refractivity contribution is 5.72. The van der Waals surface area contributed by atoms with Gasteiger partial charge in [-0.1, -0.05) is 19.3 Å². The van der Waals surface area contributed by atoms with Crippen molar-refractivity contribution in [3.05, 3.63) is 0 Å². The number of hydrogen-bond donors (Lipinski definition) is 1. The lowest BCUT2D eigenvalue weighted by Gasteiger charge is -2.40. The van der Waals surface area contributed by atoms with Crippen LogP contribution in [-0.4, -0.2) is 48.0 Å². The van der Waals surface area contributed by atoms with E-state index < -0.39 is 0 Å². The van der Waals surface area contributed by atoms with Crippen molar-refractivity contribution in [1.82, 2.24) is 15.3 Å². The Kier molecular flexibility index (Phi) is 4.18. The topological polar surface area (TPSA) is 35.6 Å². The zero-order valence-corrected chi connectivity index (χ0v) is 10.2. The van der Waals surface area contributed by atoms with Gasteiger partial charge < -0.3 is 0 Å². The molecule has 4 heteroatoms. The number of carbonyl (C=O) groups is 1. The summed E-state index contributed by atoms with van der Waals surface area (Å²) in [5, 5.41) is 2.04. The Morgan fingerprint density at radius 1 is 1.06 bits per heavy atom. The lowest BCUT2D eigenvalue weighted by atomic mass is 9.94.